The van der Waals surface area contributed by atoms with Gasteiger partial charge in [0.25, 0.3) is 0 Å². The Morgan fingerprint density at radius 2 is 0.958 bits per heavy atom. The second-order valence-electron chi connectivity index (χ2n) is 5.69. The molecular weight excluding hydrogens is 294 g/mol. The van der Waals surface area contributed by atoms with Crippen molar-refractivity contribution in [1.29, 1.82) is 0 Å². The lowest BCUT2D eigenvalue weighted by Gasteiger charge is -2.14. The van der Waals surface area contributed by atoms with E-state index >= 15 is 0 Å². The Hall–Kier alpha value is -3.26. The van der Waals surface area contributed by atoms with Gasteiger partial charge in [-0.05, 0) is 47.5 Å². The molecule has 1 heterocycles. The second-order valence-corrected chi connectivity index (χ2v) is 5.69. The van der Waals surface area contributed by atoms with E-state index in [4.69, 9.17) is 0 Å². The Labute approximate surface area is 141 Å². The van der Waals surface area contributed by atoms with Crippen LogP contribution >= 0.6 is 0 Å². The number of phenols is 1. The van der Waals surface area contributed by atoms with Gasteiger partial charge in [0, 0.05) is 5.69 Å². The van der Waals surface area contributed by atoms with E-state index in [0.29, 0.717) is 0 Å². The zero-order valence-electron chi connectivity index (χ0n) is 13.1. The van der Waals surface area contributed by atoms with E-state index in [1.54, 1.807) is 12.1 Å². The molecule has 24 heavy (non-hydrogen) atoms. The first-order valence-corrected chi connectivity index (χ1v) is 7.95. The molecule has 116 valence electrons. The van der Waals surface area contributed by atoms with Crippen molar-refractivity contribution in [2.75, 3.05) is 0 Å². The summed E-state index contributed by atoms with van der Waals surface area (Å²) in [4.78, 5) is 0. The molecule has 0 saturated heterocycles. The number of rotatable bonds is 3. The summed E-state index contributed by atoms with van der Waals surface area (Å²) >= 11 is 0. The molecule has 3 aromatic carbocycles. The van der Waals surface area contributed by atoms with Crippen LogP contribution in [0.5, 0.6) is 5.75 Å². The van der Waals surface area contributed by atoms with E-state index < -0.39 is 0 Å². The minimum atomic E-state index is 0.272. The largest absolute Gasteiger partial charge is 0.508 e. The lowest BCUT2D eigenvalue weighted by atomic mass is 10.1. The monoisotopic (exact) mass is 311 g/mol. The van der Waals surface area contributed by atoms with Gasteiger partial charge in [-0.15, -0.1) is 0 Å². The number of aromatic nitrogens is 1. The van der Waals surface area contributed by atoms with Crippen LogP contribution in [0.2, 0.25) is 0 Å². The number of phenolic OH excluding ortho intramolecular Hbond substituents is 1. The normalized spacial score (nSPS) is 10.7. The topological polar surface area (TPSA) is 25.2 Å². The van der Waals surface area contributed by atoms with Gasteiger partial charge >= 0.3 is 0 Å². The highest BCUT2D eigenvalue weighted by molar-refractivity contribution is 5.73. The summed E-state index contributed by atoms with van der Waals surface area (Å²) in [5, 5.41) is 9.62. The molecule has 0 bridgehead atoms. The highest BCUT2D eigenvalue weighted by Gasteiger charge is 2.13. The van der Waals surface area contributed by atoms with Gasteiger partial charge < -0.3 is 9.67 Å². The van der Waals surface area contributed by atoms with Gasteiger partial charge in [0.05, 0.1) is 11.4 Å². The van der Waals surface area contributed by atoms with Crippen molar-refractivity contribution in [2.45, 2.75) is 0 Å². The molecule has 2 nitrogen and oxygen atoms in total. The minimum Gasteiger partial charge on any atom is -0.508 e. The van der Waals surface area contributed by atoms with Crippen molar-refractivity contribution in [1.82, 2.24) is 4.57 Å². The molecule has 0 spiro atoms. The molecule has 1 aromatic heterocycles. The van der Waals surface area contributed by atoms with Crippen LogP contribution in [-0.2, 0) is 0 Å². The molecule has 4 rings (SSSR count). The highest BCUT2D eigenvalue weighted by atomic mass is 16.3. The van der Waals surface area contributed by atoms with Gasteiger partial charge in [0.1, 0.15) is 5.75 Å². The van der Waals surface area contributed by atoms with E-state index in [2.05, 4.69) is 41.0 Å². The summed E-state index contributed by atoms with van der Waals surface area (Å²) in [6, 6.07) is 32.3. The molecule has 0 fully saturated rings. The van der Waals surface area contributed by atoms with Crippen molar-refractivity contribution in [2.24, 2.45) is 0 Å². The molecule has 0 radical (unpaired) electrons. The number of benzene rings is 3. The van der Waals surface area contributed by atoms with E-state index in [1.807, 2.05) is 48.5 Å². The van der Waals surface area contributed by atoms with Crippen LogP contribution in [-0.4, -0.2) is 9.67 Å². The average Bonchev–Trinajstić information content (AvgIpc) is 3.09. The fourth-order valence-electron chi connectivity index (χ4n) is 2.99. The van der Waals surface area contributed by atoms with Crippen molar-refractivity contribution in [3.8, 4) is 34.0 Å². The van der Waals surface area contributed by atoms with Crippen LogP contribution in [0.15, 0.2) is 97.1 Å². The zero-order chi connectivity index (χ0) is 16.4. The standard InChI is InChI=1S/C22H17NO/c24-20-13-11-19(12-14-20)23-21(17-7-3-1-4-8-17)15-16-22(23)18-9-5-2-6-10-18/h1-16,24H. The molecule has 0 aliphatic rings. The molecule has 0 saturated carbocycles. The van der Waals surface area contributed by atoms with Gasteiger partial charge in [-0.25, -0.2) is 0 Å². The van der Waals surface area contributed by atoms with Crippen molar-refractivity contribution in [3.63, 3.8) is 0 Å². The second kappa shape index (κ2) is 6.09. The third-order valence-corrected chi connectivity index (χ3v) is 4.13. The van der Waals surface area contributed by atoms with Crippen LogP contribution < -0.4 is 0 Å². The third kappa shape index (κ3) is 2.59. The maximum absolute atomic E-state index is 9.62. The lowest BCUT2D eigenvalue weighted by Crippen LogP contribution is -1.99. The fraction of sp³-hybridized carbons (Fsp3) is 0. The van der Waals surface area contributed by atoms with Crippen molar-refractivity contribution in [3.05, 3.63) is 97.1 Å². The van der Waals surface area contributed by atoms with E-state index in [9.17, 15) is 5.11 Å². The first-order chi connectivity index (χ1) is 11.8. The predicted octanol–water partition coefficient (Wildman–Crippen LogP) is 5.52. The number of hydrogen-bond donors (Lipinski definition) is 1. The fourth-order valence-corrected chi connectivity index (χ4v) is 2.99. The SMILES string of the molecule is Oc1ccc(-n2c(-c3ccccc3)ccc2-c2ccccc2)cc1. The van der Waals surface area contributed by atoms with Crippen LogP contribution in [0.1, 0.15) is 0 Å². The Morgan fingerprint density at radius 3 is 1.42 bits per heavy atom. The lowest BCUT2D eigenvalue weighted by molar-refractivity contribution is 0.475. The summed E-state index contributed by atoms with van der Waals surface area (Å²) in [7, 11) is 0. The predicted molar refractivity (Wildman–Crippen MR) is 98.3 cm³/mol. The molecule has 0 unspecified atom stereocenters. The Bertz CT molecular complexity index is 881. The molecule has 4 aromatic rings. The first-order valence-electron chi connectivity index (χ1n) is 7.95. The van der Waals surface area contributed by atoms with Gasteiger partial charge in [0.2, 0.25) is 0 Å². The van der Waals surface area contributed by atoms with E-state index in [0.717, 1.165) is 28.2 Å². The molecule has 0 aliphatic heterocycles. The molecule has 2 heteroatoms. The number of nitrogens with zero attached hydrogens (tertiary/aromatic N) is 1. The molecule has 0 amide bonds. The number of aromatic hydroxyl groups is 1. The van der Waals surface area contributed by atoms with Crippen LogP contribution in [0.25, 0.3) is 28.2 Å². The highest BCUT2D eigenvalue weighted by Crippen LogP contribution is 2.32. The van der Waals surface area contributed by atoms with Gasteiger partial charge in [-0.1, -0.05) is 60.7 Å². The summed E-state index contributed by atoms with van der Waals surface area (Å²) in [6.07, 6.45) is 0. The zero-order valence-corrected chi connectivity index (χ0v) is 13.1. The summed E-state index contributed by atoms with van der Waals surface area (Å²) in [5.74, 6) is 0.272. The maximum Gasteiger partial charge on any atom is 0.115 e. The molecule has 1 N–H and O–H groups in total. The summed E-state index contributed by atoms with van der Waals surface area (Å²) in [5.41, 5.74) is 5.59. The average molecular weight is 311 g/mol. The third-order valence-electron chi connectivity index (χ3n) is 4.13. The summed E-state index contributed by atoms with van der Waals surface area (Å²) < 4.78 is 2.23. The molecule has 0 atom stereocenters. The Kier molecular flexibility index (Phi) is 3.64. The minimum absolute atomic E-state index is 0.272. The van der Waals surface area contributed by atoms with Crippen molar-refractivity contribution < 1.29 is 5.11 Å². The first kappa shape index (κ1) is 14.3. The van der Waals surface area contributed by atoms with Crippen LogP contribution in [0.3, 0.4) is 0 Å². The van der Waals surface area contributed by atoms with Gasteiger partial charge in [0.15, 0.2) is 0 Å². The Morgan fingerprint density at radius 1 is 0.500 bits per heavy atom. The quantitative estimate of drug-likeness (QED) is 0.529. The van der Waals surface area contributed by atoms with Gasteiger partial charge in [-0.2, -0.15) is 0 Å². The molecule has 0 aliphatic carbocycles. The smallest absolute Gasteiger partial charge is 0.115 e. The van der Waals surface area contributed by atoms with Crippen LogP contribution in [0, 0.1) is 0 Å². The Balaban J connectivity index is 1.96. The maximum atomic E-state index is 9.62. The summed E-state index contributed by atoms with van der Waals surface area (Å²) in [6.45, 7) is 0. The number of hydrogen-bond acceptors (Lipinski definition) is 1. The van der Waals surface area contributed by atoms with Gasteiger partial charge in [-0.3, -0.25) is 0 Å². The van der Waals surface area contributed by atoms with E-state index in [1.165, 1.54) is 0 Å². The molecular formula is C22H17NO. The van der Waals surface area contributed by atoms with Crippen molar-refractivity contribution >= 4 is 0 Å². The van der Waals surface area contributed by atoms with Crippen LogP contribution in [0.4, 0.5) is 0 Å². The van der Waals surface area contributed by atoms with E-state index in [-0.39, 0.29) is 5.75 Å².